The summed E-state index contributed by atoms with van der Waals surface area (Å²) in [6.45, 7) is 0. The first-order valence-electron chi connectivity index (χ1n) is 3.16. The average Bonchev–Trinajstić information content (AvgIpc) is 2.02. The molecule has 1 aromatic carbocycles. The molecule has 8 heteroatoms. The second kappa shape index (κ2) is 3.76. The molecule has 0 bridgehead atoms. The van der Waals surface area contributed by atoms with E-state index in [1.165, 1.54) is 0 Å². The van der Waals surface area contributed by atoms with Gasteiger partial charge in [-0.2, -0.15) is 4.39 Å². The Kier molecular flexibility index (Phi) is 2.87. The van der Waals surface area contributed by atoms with Gasteiger partial charge in [0.25, 0.3) is 0 Å². The van der Waals surface area contributed by atoms with Crippen molar-refractivity contribution >= 4 is 16.8 Å². The van der Waals surface area contributed by atoms with Crippen molar-refractivity contribution in [2.24, 2.45) is 0 Å². The predicted molar refractivity (Wildman–Crippen MR) is 40.2 cm³/mol. The van der Waals surface area contributed by atoms with Crippen LogP contribution in [0, 0.1) is 21.7 Å². The first kappa shape index (κ1) is 10.7. The molecule has 76 valence electrons. The van der Waals surface area contributed by atoms with E-state index in [4.69, 9.17) is 0 Å². The maximum Gasteiger partial charge on any atom is 0.306 e. The molecule has 1 rings (SSSR count). The van der Waals surface area contributed by atoms with E-state index in [9.17, 15) is 27.7 Å². The van der Waals surface area contributed by atoms with E-state index in [-0.39, 0.29) is 6.07 Å². The molecule has 5 nitrogen and oxygen atoms in total. The van der Waals surface area contributed by atoms with E-state index >= 15 is 0 Å². The zero-order chi connectivity index (χ0) is 10.9. The summed E-state index contributed by atoms with van der Waals surface area (Å²) in [6, 6.07) is 0.483. The second-order valence-corrected chi connectivity index (χ2v) is 3.14. The lowest BCUT2D eigenvalue weighted by Crippen LogP contribution is -1.99. The minimum atomic E-state index is -2.97. The van der Waals surface area contributed by atoms with Crippen molar-refractivity contribution in [3.8, 4) is 0 Å². The lowest BCUT2D eigenvalue weighted by atomic mass is 10.3. The van der Waals surface area contributed by atoms with Gasteiger partial charge in [0.2, 0.25) is 5.82 Å². The molecule has 1 atom stereocenters. The summed E-state index contributed by atoms with van der Waals surface area (Å²) in [5, 5.41) is 10.1. The molecule has 0 aromatic heterocycles. The number of hydrogen-bond donors (Lipinski definition) is 0. The third kappa shape index (κ3) is 1.91. The van der Waals surface area contributed by atoms with Crippen LogP contribution in [0.15, 0.2) is 17.0 Å². The van der Waals surface area contributed by atoms with Crippen molar-refractivity contribution < 1.29 is 22.5 Å². The topological polar surface area (TPSA) is 83.3 Å². The molecule has 0 aliphatic rings. The summed E-state index contributed by atoms with van der Waals surface area (Å²) < 4.78 is 46.0. The fourth-order valence-corrected chi connectivity index (χ4v) is 1.21. The number of nitro benzene ring substituents is 1. The van der Waals surface area contributed by atoms with Crippen molar-refractivity contribution in [3.63, 3.8) is 0 Å². The standard InChI is InChI=1S/C6H3F2NO4S/c7-3-1-4(8)6(14(12)13)2-5(3)9(10)11/h1-2H,(H,12,13)/p-1. The van der Waals surface area contributed by atoms with Gasteiger partial charge in [0.05, 0.1) is 9.82 Å². The van der Waals surface area contributed by atoms with Gasteiger partial charge in [0.1, 0.15) is 5.82 Å². The van der Waals surface area contributed by atoms with Gasteiger partial charge in [-0.05, 0) is 11.1 Å². The van der Waals surface area contributed by atoms with Crippen LogP contribution < -0.4 is 0 Å². The molecule has 0 heterocycles. The molecule has 0 radical (unpaired) electrons. The molecule has 0 amide bonds. The van der Waals surface area contributed by atoms with E-state index in [1.807, 2.05) is 0 Å². The smallest absolute Gasteiger partial charge is 0.306 e. The number of hydrogen-bond acceptors (Lipinski definition) is 4. The van der Waals surface area contributed by atoms with Gasteiger partial charge in [0.15, 0.2) is 0 Å². The van der Waals surface area contributed by atoms with Gasteiger partial charge in [-0.3, -0.25) is 14.3 Å². The lowest BCUT2D eigenvalue weighted by Gasteiger charge is -2.05. The van der Waals surface area contributed by atoms with E-state index in [0.29, 0.717) is 6.07 Å². The highest BCUT2D eigenvalue weighted by Gasteiger charge is 2.18. The molecule has 0 saturated heterocycles. The van der Waals surface area contributed by atoms with Crippen molar-refractivity contribution in [1.29, 1.82) is 0 Å². The Bertz CT molecular complexity index is 387. The molecular weight excluding hydrogens is 220 g/mol. The summed E-state index contributed by atoms with van der Waals surface area (Å²) in [7, 11) is 0. The average molecular weight is 222 g/mol. The number of benzene rings is 1. The Labute approximate surface area is 78.8 Å². The van der Waals surface area contributed by atoms with Crippen LogP contribution >= 0.6 is 0 Å². The fraction of sp³-hybridized carbons (Fsp3) is 0. The maximum atomic E-state index is 12.7. The SMILES string of the molecule is O=[N+]([O-])c1cc(S(=O)[O-])c(F)cc1F. The minimum absolute atomic E-state index is 0.156. The molecule has 14 heavy (non-hydrogen) atoms. The van der Waals surface area contributed by atoms with Crippen LogP contribution in [0.4, 0.5) is 14.5 Å². The van der Waals surface area contributed by atoms with Crippen LogP contribution in [-0.4, -0.2) is 13.7 Å². The number of nitrogens with zero attached hydrogens (tertiary/aromatic N) is 1. The zero-order valence-electron chi connectivity index (χ0n) is 6.40. The summed E-state index contributed by atoms with van der Waals surface area (Å²) in [4.78, 5) is 8.08. The molecule has 0 fully saturated rings. The molecule has 0 aliphatic heterocycles. The van der Waals surface area contributed by atoms with E-state index in [0.717, 1.165) is 0 Å². The third-order valence-corrected chi connectivity index (χ3v) is 2.05. The molecular formula is C6H2F2NO4S-. The molecule has 0 N–H and O–H groups in total. The Balaban J connectivity index is 3.42. The maximum absolute atomic E-state index is 12.7. The second-order valence-electron chi connectivity index (χ2n) is 2.23. The van der Waals surface area contributed by atoms with Crippen LogP contribution in [0.5, 0.6) is 0 Å². The van der Waals surface area contributed by atoms with Gasteiger partial charge in [-0.25, -0.2) is 4.39 Å². The summed E-state index contributed by atoms with van der Waals surface area (Å²) in [6.07, 6.45) is 0. The highest BCUT2D eigenvalue weighted by Crippen LogP contribution is 2.22. The van der Waals surface area contributed by atoms with Gasteiger partial charge in [-0.1, -0.05) is 0 Å². The van der Waals surface area contributed by atoms with Crippen LogP contribution in [0.2, 0.25) is 0 Å². The number of nitro groups is 1. The lowest BCUT2D eigenvalue weighted by molar-refractivity contribution is -0.387. The quantitative estimate of drug-likeness (QED) is 0.426. The Morgan fingerprint density at radius 2 is 1.86 bits per heavy atom. The van der Waals surface area contributed by atoms with Gasteiger partial charge in [0, 0.05) is 12.1 Å². The fourth-order valence-electron chi connectivity index (χ4n) is 0.786. The molecule has 1 unspecified atom stereocenters. The number of rotatable bonds is 2. The van der Waals surface area contributed by atoms with Gasteiger partial charge in [-0.15, -0.1) is 0 Å². The van der Waals surface area contributed by atoms with Crippen LogP contribution in [0.25, 0.3) is 0 Å². The van der Waals surface area contributed by atoms with Crippen molar-refractivity contribution in [3.05, 3.63) is 33.9 Å². The monoisotopic (exact) mass is 222 g/mol. The van der Waals surface area contributed by atoms with Crippen molar-refractivity contribution in [2.45, 2.75) is 4.90 Å². The largest absolute Gasteiger partial charge is 0.768 e. The Hall–Kier alpha value is -1.41. The summed E-state index contributed by atoms with van der Waals surface area (Å²) in [5.41, 5.74) is -1.08. The van der Waals surface area contributed by atoms with E-state index < -0.39 is 38.2 Å². The van der Waals surface area contributed by atoms with Gasteiger partial charge < -0.3 is 4.55 Å². The first-order valence-corrected chi connectivity index (χ1v) is 4.23. The molecule has 0 aliphatic carbocycles. The van der Waals surface area contributed by atoms with E-state index in [2.05, 4.69) is 0 Å². The number of halogens is 2. The summed E-state index contributed by atoms with van der Waals surface area (Å²) in [5.74, 6) is -2.77. The van der Waals surface area contributed by atoms with Crippen LogP contribution in [-0.2, 0) is 11.1 Å². The zero-order valence-corrected chi connectivity index (χ0v) is 7.22. The molecule has 0 saturated carbocycles. The summed E-state index contributed by atoms with van der Waals surface area (Å²) >= 11 is -2.97. The Morgan fingerprint density at radius 3 is 2.29 bits per heavy atom. The highest BCUT2D eigenvalue weighted by atomic mass is 32.2. The normalized spacial score (nSPS) is 12.5. The predicted octanol–water partition coefficient (Wildman–Crippen LogP) is 1.11. The molecule has 1 aromatic rings. The minimum Gasteiger partial charge on any atom is -0.768 e. The Morgan fingerprint density at radius 1 is 1.29 bits per heavy atom. The van der Waals surface area contributed by atoms with Gasteiger partial charge >= 0.3 is 5.69 Å². The highest BCUT2D eigenvalue weighted by molar-refractivity contribution is 7.79. The third-order valence-electron chi connectivity index (χ3n) is 1.38. The van der Waals surface area contributed by atoms with E-state index in [1.54, 1.807) is 0 Å². The first-order chi connectivity index (χ1) is 6.43. The molecule has 0 spiro atoms. The van der Waals surface area contributed by atoms with Crippen LogP contribution in [0.3, 0.4) is 0 Å². The van der Waals surface area contributed by atoms with Crippen LogP contribution in [0.1, 0.15) is 0 Å². The van der Waals surface area contributed by atoms with Crippen molar-refractivity contribution in [1.82, 2.24) is 0 Å². The van der Waals surface area contributed by atoms with Crippen molar-refractivity contribution in [2.75, 3.05) is 0 Å².